The second kappa shape index (κ2) is 34.0. The number of hydrogen-bond acceptors (Lipinski definition) is 18. The molecule has 0 bridgehead atoms. The van der Waals surface area contributed by atoms with Crippen LogP contribution in [0, 0.1) is 0 Å². The summed E-state index contributed by atoms with van der Waals surface area (Å²) in [5.74, 6) is -0.257. The predicted molar refractivity (Wildman–Crippen MR) is 245 cm³/mol. The minimum Gasteiger partial charge on any atom is -0.394 e. The van der Waals surface area contributed by atoms with Crippen LogP contribution >= 0.6 is 0 Å². The van der Waals surface area contributed by atoms with Crippen LogP contribution in [0.25, 0.3) is 0 Å². The topological polar surface area (TPSA) is 307 Å². The van der Waals surface area contributed by atoms with Gasteiger partial charge in [-0.3, -0.25) is 4.79 Å². The summed E-state index contributed by atoms with van der Waals surface area (Å²) in [4.78, 5) is 13.2. The second-order valence-corrected chi connectivity index (χ2v) is 18.6. The van der Waals surface area contributed by atoms with E-state index < -0.39 is 124 Å². The smallest absolute Gasteiger partial charge is 0.220 e. The molecule has 3 aliphatic heterocycles. The van der Waals surface area contributed by atoms with Crippen molar-refractivity contribution < 1.29 is 89.4 Å². The number of rotatable bonds is 35. The van der Waals surface area contributed by atoms with Gasteiger partial charge >= 0.3 is 0 Å². The minimum absolute atomic E-state index is 0.257. The second-order valence-electron chi connectivity index (χ2n) is 18.6. The van der Waals surface area contributed by atoms with Crippen molar-refractivity contribution in [2.75, 3.05) is 26.4 Å². The van der Waals surface area contributed by atoms with E-state index in [9.17, 15) is 61.0 Å². The highest BCUT2D eigenvalue weighted by molar-refractivity contribution is 5.76. The molecule has 0 aliphatic carbocycles. The summed E-state index contributed by atoms with van der Waals surface area (Å²) in [6.45, 7) is 1.69. The van der Waals surface area contributed by atoms with Gasteiger partial charge in [0.05, 0.1) is 38.6 Å². The minimum atomic E-state index is -1.97. The van der Waals surface area contributed by atoms with Gasteiger partial charge in [-0.25, -0.2) is 0 Å². The maximum atomic E-state index is 13.2. The molecular formula is C48H89NO18. The van der Waals surface area contributed by atoms with Gasteiger partial charge in [-0.15, -0.1) is 0 Å². The molecule has 67 heavy (non-hydrogen) atoms. The standard InChI is InChI=1S/C48H89NO18/c1-3-5-7-9-11-13-14-15-16-17-18-20-22-24-26-36(54)49-31(32(53)25-23-21-19-12-10-8-6-4-2)30-62-46-42(60)39(57)44(34(28-51)64-46)67-48-43(61)40(58)45(35(29-52)65-48)66-47-41(59)38(56)37(55)33(27-50)63-47/h14-15,31-35,37-48,50-53,55-61H,3-13,16-30H2,1-2H3,(H,49,54)/b15-14-. The molecular weight excluding hydrogens is 879 g/mol. The first-order chi connectivity index (χ1) is 32.3. The van der Waals surface area contributed by atoms with Crippen molar-refractivity contribution in [1.82, 2.24) is 5.32 Å². The fourth-order valence-corrected chi connectivity index (χ4v) is 8.78. The fourth-order valence-electron chi connectivity index (χ4n) is 8.78. The van der Waals surface area contributed by atoms with Crippen LogP contribution in [0.3, 0.4) is 0 Å². The molecule has 3 rings (SSSR count). The zero-order valence-electron chi connectivity index (χ0n) is 40.1. The first-order valence-electron chi connectivity index (χ1n) is 25.4. The predicted octanol–water partition coefficient (Wildman–Crippen LogP) is 1.48. The number of carbonyl (C=O) groups is 1. The number of aliphatic hydroxyl groups is 11. The maximum Gasteiger partial charge on any atom is 0.220 e. The Morgan fingerprint density at radius 3 is 1.45 bits per heavy atom. The third-order valence-corrected chi connectivity index (χ3v) is 13.1. The molecule has 17 unspecified atom stereocenters. The molecule has 0 spiro atoms. The van der Waals surface area contributed by atoms with E-state index in [1.54, 1.807) is 0 Å². The van der Waals surface area contributed by atoms with Gasteiger partial charge in [0.25, 0.3) is 0 Å². The average molecular weight is 968 g/mol. The molecule has 3 aliphatic rings. The normalized spacial score (nSPS) is 33.5. The van der Waals surface area contributed by atoms with Gasteiger partial charge in [-0.05, 0) is 38.5 Å². The van der Waals surface area contributed by atoms with Crippen molar-refractivity contribution in [1.29, 1.82) is 0 Å². The molecule has 3 heterocycles. The van der Waals surface area contributed by atoms with E-state index in [-0.39, 0.29) is 18.9 Å². The van der Waals surface area contributed by atoms with E-state index in [2.05, 4.69) is 31.3 Å². The van der Waals surface area contributed by atoms with Crippen molar-refractivity contribution in [3.63, 3.8) is 0 Å². The molecule has 0 saturated carbocycles. The highest BCUT2D eigenvalue weighted by atomic mass is 16.8. The van der Waals surface area contributed by atoms with Gasteiger partial charge in [0.15, 0.2) is 18.9 Å². The molecule has 19 heteroatoms. The lowest BCUT2D eigenvalue weighted by Crippen LogP contribution is -2.66. The van der Waals surface area contributed by atoms with E-state index >= 15 is 0 Å². The quantitative estimate of drug-likeness (QED) is 0.0316. The summed E-state index contributed by atoms with van der Waals surface area (Å²) in [6, 6.07) is -0.884. The summed E-state index contributed by atoms with van der Waals surface area (Å²) in [7, 11) is 0. The van der Waals surface area contributed by atoms with Gasteiger partial charge in [0.2, 0.25) is 5.91 Å². The molecule has 3 fully saturated rings. The van der Waals surface area contributed by atoms with Crippen LogP contribution in [-0.2, 0) is 33.2 Å². The molecule has 0 aromatic carbocycles. The molecule has 0 aromatic heterocycles. The molecule has 0 radical (unpaired) electrons. The van der Waals surface area contributed by atoms with E-state index in [4.69, 9.17) is 28.4 Å². The first-order valence-corrected chi connectivity index (χ1v) is 25.4. The molecule has 19 nitrogen and oxygen atoms in total. The van der Waals surface area contributed by atoms with E-state index in [0.717, 1.165) is 64.2 Å². The van der Waals surface area contributed by atoms with Crippen LogP contribution in [0.15, 0.2) is 12.2 Å². The van der Waals surface area contributed by atoms with Crippen molar-refractivity contribution in [3.8, 4) is 0 Å². The van der Waals surface area contributed by atoms with Gasteiger partial charge in [0.1, 0.15) is 73.2 Å². The van der Waals surface area contributed by atoms with Crippen LogP contribution in [0.1, 0.15) is 155 Å². The summed E-state index contributed by atoms with van der Waals surface area (Å²) >= 11 is 0. The summed E-state index contributed by atoms with van der Waals surface area (Å²) < 4.78 is 34.1. The summed E-state index contributed by atoms with van der Waals surface area (Å²) in [5, 5.41) is 119. The van der Waals surface area contributed by atoms with Gasteiger partial charge in [0, 0.05) is 6.42 Å². The Labute approximate surface area is 397 Å². The summed E-state index contributed by atoms with van der Waals surface area (Å²) in [5.41, 5.74) is 0. The monoisotopic (exact) mass is 968 g/mol. The zero-order chi connectivity index (χ0) is 49.1. The van der Waals surface area contributed by atoms with E-state index in [0.29, 0.717) is 12.8 Å². The molecule has 12 N–H and O–H groups in total. The van der Waals surface area contributed by atoms with Gasteiger partial charge in [-0.2, -0.15) is 0 Å². The Morgan fingerprint density at radius 1 is 0.522 bits per heavy atom. The van der Waals surface area contributed by atoms with E-state index in [1.165, 1.54) is 57.8 Å². The Balaban J connectivity index is 1.55. The molecule has 17 atom stereocenters. The van der Waals surface area contributed by atoms with Crippen molar-refractivity contribution in [3.05, 3.63) is 12.2 Å². The van der Waals surface area contributed by atoms with Crippen molar-refractivity contribution >= 4 is 5.91 Å². The highest BCUT2D eigenvalue weighted by Crippen LogP contribution is 2.33. The third-order valence-electron chi connectivity index (χ3n) is 13.1. The van der Waals surface area contributed by atoms with Gasteiger partial charge < -0.3 is 89.9 Å². The number of carbonyl (C=O) groups excluding carboxylic acids is 1. The fraction of sp³-hybridized carbons (Fsp3) is 0.938. The highest BCUT2D eigenvalue weighted by Gasteiger charge is 2.53. The number of ether oxygens (including phenoxy) is 6. The maximum absolute atomic E-state index is 13.2. The lowest BCUT2D eigenvalue weighted by atomic mass is 9.96. The number of nitrogens with one attached hydrogen (secondary N) is 1. The number of allylic oxidation sites excluding steroid dienone is 2. The summed E-state index contributed by atoms with van der Waals surface area (Å²) in [6.07, 6.45) is 0.591. The average Bonchev–Trinajstić information content (AvgIpc) is 3.32. The van der Waals surface area contributed by atoms with Crippen LogP contribution in [-0.4, -0.2) is 193 Å². The van der Waals surface area contributed by atoms with Crippen LogP contribution in [0.4, 0.5) is 0 Å². The largest absolute Gasteiger partial charge is 0.394 e. The molecule has 0 aromatic rings. The third kappa shape index (κ3) is 20.3. The number of unbranched alkanes of at least 4 members (excludes halogenated alkanes) is 17. The number of aliphatic hydroxyl groups excluding tert-OH is 11. The lowest BCUT2D eigenvalue weighted by molar-refractivity contribution is -0.379. The van der Waals surface area contributed by atoms with Crippen LogP contribution in [0.2, 0.25) is 0 Å². The Bertz CT molecular complexity index is 1300. The Hall–Kier alpha value is -1.47. The Morgan fingerprint density at radius 2 is 0.940 bits per heavy atom. The van der Waals surface area contributed by atoms with Crippen LogP contribution in [0.5, 0.6) is 0 Å². The van der Waals surface area contributed by atoms with Gasteiger partial charge in [-0.1, -0.05) is 122 Å². The van der Waals surface area contributed by atoms with Crippen LogP contribution < -0.4 is 5.32 Å². The molecule has 1 amide bonds. The first kappa shape index (κ1) is 59.8. The molecule has 394 valence electrons. The number of amides is 1. The lowest BCUT2D eigenvalue weighted by Gasteiger charge is -2.48. The number of hydrogen-bond donors (Lipinski definition) is 12. The Kier molecular flexibility index (Phi) is 30.4. The van der Waals surface area contributed by atoms with Crippen molar-refractivity contribution in [2.24, 2.45) is 0 Å². The SMILES string of the molecule is CCCCCCC/C=C\CCCCCCCC(=O)NC(COC1OC(CO)C(OC2OC(CO)C(OC3OC(CO)C(O)C(O)C3O)C(O)C2O)C(O)C1O)C(O)CCCCCCCCCC. The zero-order valence-corrected chi connectivity index (χ0v) is 40.1. The van der Waals surface area contributed by atoms with E-state index in [1.807, 2.05) is 0 Å². The van der Waals surface area contributed by atoms with Crippen molar-refractivity contribution in [2.45, 2.75) is 259 Å². The molecule has 3 saturated heterocycles.